The number of likely N-dealkylation sites (tertiary alicyclic amines) is 1. The van der Waals surface area contributed by atoms with Crippen LogP contribution in [0.25, 0.3) is 0 Å². The Morgan fingerprint density at radius 1 is 1.34 bits per heavy atom. The molecule has 0 unspecified atom stereocenters. The Morgan fingerprint density at radius 2 is 2.03 bits per heavy atom. The van der Waals surface area contributed by atoms with Gasteiger partial charge in [-0.25, -0.2) is 0 Å². The molecular weight excluding hydrogens is 428 g/mol. The molecule has 3 rings (SSSR count). The summed E-state index contributed by atoms with van der Waals surface area (Å²) in [4.78, 5) is 39.7. The second kappa shape index (κ2) is 11.4. The average molecular weight is 463 g/mol. The zero-order chi connectivity index (χ0) is 18.9. The normalized spacial score (nSPS) is 21.8. The van der Waals surface area contributed by atoms with Gasteiger partial charge in [0.05, 0.1) is 11.7 Å². The minimum absolute atomic E-state index is 0. The smallest absolute Gasteiger partial charge is 0.252 e. The maximum absolute atomic E-state index is 13.3. The molecule has 1 aromatic rings. The number of piperidine rings is 1. The molecule has 2 aliphatic heterocycles. The van der Waals surface area contributed by atoms with Crippen molar-refractivity contribution >= 4 is 55.9 Å². The van der Waals surface area contributed by atoms with E-state index in [2.05, 4.69) is 5.32 Å². The van der Waals surface area contributed by atoms with E-state index in [1.165, 1.54) is 11.3 Å². The van der Waals surface area contributed by atoms with E-state index in [0.29, 0.717) is 18.5 Å². The van der Waals surface area contributed by atoms with Gasteiger partial charge in [0, 0.05) is 11.9 Å². The molecule has 0 aromatic carbocycles. The molecule has 0 radical (unpaired) electrons. The van der Waals surface area contributed by atoms with Crippen LogP contribution in [0.15, 0.2) is 16.8 Å². The number of rotatable bonds is 4. The predicted octanol–water partition coefficient (Wildman–Crippen LogP) is 3.10. The monoisotopic (exact) mass is 462 g/mol. The maximum atomic E-state index is 13.3. The third-order valence-electron chi connectivity index (χ3n) is 4.83. The van der Waals surface area contributed by atoms with Gasteiger partial charge >= 0.3 is 0 Å². The molecule has 0 saturated carbocycles. The third kappa shape index (κ3) is 6.73. The number of fused-ring (bicyclic) bond motifs is 1. The minimum atomic E-state index is -0.658. The first-order valence-corrected chi connectivity index (χ1v) is 9.98. The van der Waals surface area contributed by atoms with Crippen molar-refractivity contribution < 1.29 is 19.1 Å². The summed E-state index contributed by atoms with van der Waals surface area (Å²) < 4.78 is 5.54. The molecule has 2 fully saturated rings. The van der Waals surface area contributed by atoms with Gasteiger partial charge in [-0.1, -0.05) is 28.2 Å². The lowest BCUT2D eigenvalue weighted by Crippen LogP contribution is -2.58. The van der Waals surface area contributed by atoms with E-state index in [-0.39, 0.29) is 70.1 Å². The predicted molar refractivity (Wildman–Crippen MR) is 127 cm³/mol. The van der Waals surface area contributed by atoms with E-state index >= 15 is 0 Å². The van der Waals surface area contributed by atoms with Crippen LogP contribution >= 0.6 is 38.3 Å². The maximum Gasteiger partial charge on any atom is 0.252 e. The summed E-state index contributed by atoms with van der Waals surface area (Å²) in [6.07, 6.45) is 1.90. The summed E-state index contributed by atoms with van der Waals surface area (Å²) in [5, 5.41) is 6.49. The van der Waals surface area contributed by atoms with Gasteiger partial charge < -0.3 is 15.0 Å². The SMILES string of the molecule is C.CC(C)(C)C[C@H](NC(=O)c1ccsc1)C(=O)N1CCC[C@H]2OCC(=O)[C@H]21.S.S. The van der Waals surface area contributed by atoms with Gasteiger partial charge in [-0.15, -0.1) is 0 Å². The summed E-state index contributed by atoms with van der Waals surface area (Å²) in [6.45, 7) is 6.71. The number of nitrogens with zero attached hydrogens (tertiary/aromatic N) is 1. The van der Waals surface area contributed by atoms with Crippen LogP contribution in [0.3, 0.4) is 0 Å². The van der Waals surface area contributed by atoms with Crippen molar-refractivity contribution in [2.24, 2.45) is 5.41 Å². The number of carbonyl (C=O) groups excluding carboxylic acids is 3. The van der Waals surface area contributed by atoms with Gasteiger partial charge in [-0.2, -0.15) is 38.3 Å². The lowest BCUT2D eigenvalue weighted by Gasteiger charge is -2.38. The Morgan fingerprint density at radius 3 is 2.62 bits per heavy atom. The molecule has 0 aliphatic carbocycles. The van der Waals surface area contributed by atoms with Crippen LogP contribution in [-0.2, 0) is 14.3 Å². The molecule has 29 heavy (non-hydrogen) atoms. The Bertz CT molecular complexity index is 688. The highest BCUT2D eigenvalue weighted by Gasteiger charge is 2.46. The van der Waals surface area contributed by atoms with Crippen molar-refractivity contribution in [1.29, 1.82) is 0 Å². The van der Waals surface area contributed by atoms with Crippen molar-refractivity contribution in [3.05, 3.63) is 22.4 Å². The van der Waals surface area contributed by atoms with E-state index in [1.807, 2.05) is 26.2 Å². The molecule has 1 aromatic heterocycles. The summed E-state index contributed by atoms with van der Waals surface area (Å²) in [6, 6.07) is 0.579. The Balaban J connectivity index is 0.00000261. The molecule has 9 heteroatoms. The Labute approximate surface area is 191 Å². The van der Waals surface area contributed by atoms with Crippen LogP contribution in [0.4, 0.5) is 0 Å². The van der Waals surface area contributed by atoms with Crippen LogP contribution in [0, 0.1) is 5.41 Å². The fourth-order valence-electron chi connectivity index (χ4n) is 3.69. The number of hydrogen-bond donors (Lipinski definition) is 1. The molecule has 2 aliphatic rings. The fraction of sp³-hybridized carbons (Fsp3) is 0.650. The molecule has 2 saturated heterocycles. The van der Waals surface area contributed by atoms with E-state index < -0.39 is 12.1 Å². The number of Topliss-reactive ketones (excluding diaryl/α,β-unsaturated/α-hetero) is 1. The standard InChI is InChI=1S/C19H26N2O4S.CH4.2H2S/c1-19(2,3)9-13(20-17(23)12-6-8-26-11-12)18(24)21-7-4-5-15-16(21)14(22)10-25-15;;;/h6,8,11,13,15-16H,4-5,7,9-10H2,1-3H3,(H,20,23);1H4;2*1H2/t13-,15+,16+;;;/m0.../s1. The van der Waals surface area contributed by atoms with Crippen LogP contribution in [-0.4, -0.2) is 53.8 Å². The third-order valence-corrected chi connectivity index (χ3v) is 5.51. The number of ether oxygens (including phenoxy) is 1. The van der Waals surface area contributed by atoms with E-state index in [4.69, 9.17) is 4.74 Å². The minimum Gasteiger partial charge on any atom is -0.368 e. The Hall–Kier alpha value is -1.03. The van der Waals surface area contributed by atoms with Crippen LogP contribution in [0.5, 0.6) is 0 Å². The number of amides is 2. The first kappa shape index (κ1) is 28.0. The van der Waals surface area contributed by atoms with Crippen molar-refractivity contribution in [3.8, 4) is 0 Å². The number of thiophene rings is 1. The molecular formula is C20H34N2O4S3. The molecule has 3 atom stereocenters. The lowest BCUT2D eigenvalue weighted by atomic mass is 9.86. The first-order chi connectivity index (χ1) is 12.3. The summed E-state index contributed by atoms with van der Waals surface area (Å²) in [5.41, 5.74) is 0.409. The second-order valence-electron chi connectivity index (χ2n) is 8.24. The number of carbonyl (C=O) groups is 3. The largest absolute Gasteiger partial charge is 0.368 e. The van der Waals surface area contributed by atoms with Crippen molar-refractivity contribution in [3.63, 3.8) is 0 Å². The van der Waals surface area contributed by atoms with E-state index in [1.54, 1.807) is 16.3 Å². The summed E-state index contributed by atoms with van der Waals surface area (Å²) in [5.74, 6) is -0.477. The van der Waals surface area contributed by atoms with Crippen LogP contribution < -0.4 is 5.32 Å². The first-order valence-electron chi connectivity index (χ1n) is 9.04. The highest BCUT2D eigenvalue weighted by molar-refractivity contribution is 7.59. The lowest BCUT2D eigenvalue weighted by molar-refractivity contribution is -0.143. The van der Waals surface area contributed by atoms with Crippen molar-refractivity contribution in [1.82, 2.24) is 10.2 Å². The summed E-state index contributed by atoms with van der Waals surface area (Å²) >= 11 is 1.44. The molecule has 3 heterocycles. The van der Waals surface area contributed by atoms with Crippen molar-refractivity contribution in [2.75, 3.05) is 13.2 Å². The zero-order valence-electron chi connectivity index (χ0n) is 16.5. The molecule has 166 valence electrons. The Kier molecular flexibility index (Phi) is 11.0. The van der Waals surface area contributed by atoms with Crippen LogP contribution in [0.2, 0.25) is 0 Å². The van der Waals surface area contributed by atoms with Crippen molar-refractivity contribution in [2.45, 2.75) is 65.6 Å². The number of ketones is 1. The van der Waals surface area contributed by atoms with Gasteiger partial charge in [0.25, 0.3) is 5.91 Å². The number of nitrogens with one attached hydrogen (secondary N) is 1. The molecule has 0 spiro atoms. The zero-order valence-corrected chi connectivity index (χ0v) is 19.3. The van der Waals surface area contributed by atoms with Gasteiger partial charge in [0.2, 0.25) is 5.91 Å². The van der Waals surface area contributed by atoms with Gasteiger partial charge in [-0.3, -0.25) is 14.4 Å². The highest BCUT2D eigenvalue weighted by Crippen LogP contribution is 2.29. The highest BCUT2D eigenvalue weighted by atomic mass is 32.1. The van der Waals surface area contributed by atoms with Crippen LogP contribution in [0.1, 0.15) is 57.8 Å². The fourth-order valence-corrected chi connectivity index (χ4v) is 4.32. The molecule has 2 amide bonds. The molecule has 0 bridgehead atoms. The molecule has 6 nitrogen and oxygen atoms in total. The average Bonchev–Trinajstić information content (AvgIpc) is 3.22. The van der Waals surface area contributed by atoms with E-state index in [9.17, 15) is 14.4 Å². The topological polar surface area (TPSA) is 75.7 Å². The van der Waals surface area contributed by atoms with E-state index in [0.717, 1.165) is 12.8 Å². The van der Waals surface area contributed by atoms with Gasteiger partial charge in [-0.05, 0) is 36.1 Å². The molecule has 1 N–H and O–H groups in total. The second-order valence-corrected chi connectivity index (χ2v) is 9.02. The van der Waals surface area contributed by atoms with Gasteiger partial charge in [0.1, 0.15) is 18.7 Å². The number of hydrogen-bond acceptors (Lipinski definition) is 5. The quantitative estimate of drug-likeness (QED) is 0.746. The van der Waals surface area contributed by atoms with Gasteiger partial charge in [0.15, 0.2) is 5.78 Å². The summed E-state index contributed by atoms with van der Waals surface area (Å²) in [7, 11) is 0.